The van der Waals surface area contributed by atoms with Crippen molar-refractivity contribution in [3.8, 4) is 5.75 Å². The molecule has 0 radical (unpaired) electrons. The molecule has 0 atom stereocenters. The third-order valence-electron chi connectivity index (χ3n) is 4.52. The molecule has 1 aliphatic heterocycles. The molecule has 118 valence electrons. The maximum Gasteiger partial charge on any atom is 0.119 e. The van der Waals surface area contributed by atoms with Crippen molar-refractivity contribution in [1.29, 1.82) is 0 Å². The molecule has 21 heavy (non-hydrogen) atoms. The van der Waals surface area contributed by atoms with Crippen molar-refractivity contribution >= 4 is 12.4 Å². The highest BCUT2D eigenvalue weighted by Crippen LogP contribution is 2.28. The number of hydrogen-bond donors (Lipinski definition) is 1. The van der Waals surface area contributed by atoms with Crippen LogP contribution in [0.1, 0.15) is 31.2 Å². The Morgan fingerprint density at radius 1 is 1.19 bits per heavy atom. The Morgan fingerprint density at radius 3 is 2.62 bits per heavy atom. The molecule has 0 aromatic heterocycles. The first-order valence-corrected chi connectivity index (χ1v) is 7.92. The van der Waals surface area contributed by atoms with Gasteiger partial charge < -0.3 is 10.1 Å². The summed E-state index contributed by atoms with van der Waals surface area (Å²) in [4.78, 5) is 2.56. The average Bonchev–Trinajstić information content (AvgIpc) is 3.31. The van der Waals surface area contributed by atoms with Crippen LogP contribution in [0.3, 0.4) is 0 Å². The third-order valence-corrected chi connectivity index (χ3v) is 4.52. The van der Waals surface area contributed by atoms with E-state index in [1.54, 1.807) is 7.11 Å². The zero-order valence-electron chi connectivity index (χ0n) is 12.9. The Balaban J connectivity index is 0.00000161. The summed E-state index contributed by atoms with van der Waals surface area (Å²) in [7, 11) is 1.73. The predicted molar refractivity (Wildman–Crippen MR) is 89.3 cm³/mol. The lowest BCUT2D eigenvalue weighted by Gasteiger charge is -2.32. The van der Waals surface area contributed by atoms with E-state index >= 15 is 0 Å². The van der Waals surface area contributed by atoms with Gasteiger partial charge in [-0.1, -0.05) is 12.1 Å². The van der Waals surface area contributed by atoms with Gasteiger partial charge in [-0.05, 0) is 68.9 Å². The van der Waals surface area contributed by atoms with Gasteiger partial charge in [-0.15, -0.1) is 12.4 Å². The molecular weight excluding hydrogens is 284 g/mol. The molecule has 1 saturated heterocycles. The molecule has 1 saturated carbocycles. The van der Waals surface area contributed by atoms with E-state index in [0.29, 0.717) is 0 Å². The van der Waals surface area contributed by atoms with E-state index in [2.05, 4.69) is 28.4 Å². The SMILES string of the molecule is COc1cccc(CN2CCC(NCC3CC3)CC2)c1.Cl. The van der Waals surface area contributed by atoms with Gasteiger partial charge in [0.05, 0.1) is 7.11 Å². The van der Waals surface area contributed by atoms with E-state index in [1.165, 1.54) is 50.9 Å². The van der Waals surface area contributed by atoms with Crippen LogP contribution < -0.4 is 10.1 Å². The van der Waals surface area contributed by atoms with E-state index in [9.17, 15) is 0 Å². The predicted octanol–water partition coefficient (Wildman–Crippen LogP) is 3.08. The van der Waals surface area contributed by atoms with E-state index in [4.69, 9.17) is 4.74 Å². The second-order valence-electron chi connectivity index (χ2n) is 6.25. The minimum Gasteiger partial charge on any atom is -0.497 e. The fraction of sp³-hybridized carbons (Fsp3) is 0.647. The molecule has 1 N–H and O–H groups in total. The fourth-order valence-electron chi connectivity index (χ4n) is 2.98. The van der Waals surface area contributed by atoms with Crippen LogP contribution in [0, 0.1) is 5.92 Å². The van der Waals surface area contributed by atoms with Gasteiger partial charge in [0.25, 0.3) is 0 Å². The molecule has 1 aliphatic carbocycles. The second-order valence-corrected chi connectivity index (χ2v) is 6.25. The van der Waals surface area contributed by atoms with E-state index < -0.39 is 0 Å². The van der Waals surface area contributed by atoms with Gasteiger partial charge in [0.15, 0.2) is 0 Å². The number of nitrogens with zero attached hydrogens (tertiary/aromatic N) is 1. The molecule has 0 amide bonds. The monoisotopic (exact) mass is 310 g/mol. The van der Waals surface area contributed by atoms with Crippen molar-refractivity contribution in [3.05, 3.63) is 29.8 Å². The van der Waals surface area contributed by atoms with Crippen LogP contribution in [0.4, 0.5) is 0 Å². The van der Waals surface area contributed by atoms with Crippen molar-refractivity contribution in [2.75, 3.05) is 26.7 Å². The van der Waals surface area contributed by atoms with Gasteiger partial charge in [-0.25, -0.2) is 0 Å². The zero-order valence-corrected chi connectivity index (χ0v) is 13.7. The molecule has 1 aromatic rings. The highest BCUT2D eigenvalue weighted by Gasteiger charge is 2.24. The van der Waals surface area contributed by atoms with Crippen LogP contribution in [-0.4, -0.2) is 37.7 Å². The van der Waals surface area contributed by atoms with E-state index in [0.717, 1.165) is 24.3 Å². The average molecular weight is 311 g/mol. The highest BCUT2D eigenvalue weighted by molar-refractivity contribution is 5.85. The molecule has 3 rings (SSSR count). The van der Waals surface area contributed by atoms with Gasteiger partial charge >= 0.3 is 0 Å². The summed E-state index contributed by atoms with van der Waals surface area (Å²) >= 11 is 0. The molecule has 1 heterocycles. The minimum absolute atomic E-state index is 0. The molecule has 2 aliphatic rings. The normalized spacial score (nSPS) is 20.0. The smallest absolute Gasteiger partial charge is 0.119 e. The molecule has 2 fully saturated rings. The van der Waals surface area contributed by atoms with Gasteiger partial charge in [0.1, 0.15) is 5.75 Å². The van der Waals surface area contributed by atoms with Crippen molar-refractivity contribution in [1.82, 2.24) is 10.2 Å². The third kappa shape index (κ3) is 5.17. The number of halogens is 1. The maximum absolute atomic E-state index is 5.29. The van der Waals surface area contributed by atoms with Crippen molar-refractivity contribution in [2.45, 2.75) is 38.3 Å². The van der Waals surface area contributed by atoms with Gasteiger partial charge in [0.2, 0.25) is 0 Å². The minimum atomic E-state index is 0. The Kier molecular flexibility index (Phi) is 6.34. The van der Waals surface area contributed by atoms with Crippen LogP contribution in [0.15, 0.2) is 24.3 Å². The maximum atomic E-state index is 5.29. The van der Waals surface area contributed by atoms with Crippen LogP contribution in [0.25, 0.3) is 0 Å². The summed E-state index contributed by atoms with van der Waals surface area (Å²) in [6, 6.07) is 9.18. The molecular formula is C17H27ClN2O. The van der Waals surface area contributed by atoms with E-state index in [1.807, 2.05) is 6.07 Å². The Bertz CT molecular complexity index is 429. The van der Waals surface area contributed by atoms with Crippen molar-refractivity contribution in [3.63, 3.8) is 0 Å². The molecule has 3 nitrogen and oxygen atoms in total. The van der Waals surface area contributed by atoms with Crippen LogP contribution >= 0.6 is 12.4 Å². The number of benzene rings is 1. The zero-order chi connectivity index (χ0) is 13.8. The van der Waals surface area contributed by atoms with Gasteiger partial charge in [0, 0.05) is 12.6 Å². The number of nitrogens with one attached hydrogen (secondary N) is 1. The quantitative estimate of drug-likeness (QED) is 0.874. The number of hydrogen-bond acceptors (Lipinski definition) is 3. The first kappa shape index (κ1) is 16.6. The van der Waals surface area contributed by atoms with Crippen LogP contribution in [0.2, 0.25) is 0 Å². The summed E-state index contributed by atoms with van der Waals surface area (Å²) in [6.07, 6.45) is 5.47. The number of rotatable bonds is 6. The standard InChI is InChI=1S/C17H26N2O.ClH/c1-20-17-4-2-3-15(11-17)13-19-9-7-16(8-10-19)18-12-14-5-6-14;/h2-4,11,14,16,18H,5-10,12-13H2,1H3;1H. The van der Waals surface area contributed by atoms with Gasteiger partial charge in [-0.3, -0.25) is 4.90 Å². The lowest BCUT2D eigenvalue weighted by Crippen LogP contribution is -2.42. The number of piperidine rings is 1. The first-order chi connectivity index (χ1) is 9.83. The number of ether oxygens (including phenoxy) is 1. The largest absolute Gasteiger partial charge is 0.497 e. The van der Waals surface area contributed by atoms with Crippen LogP contribution in [-0.2, 0) is 6.54 Å². The highest BCUT2D eigenvalue weighted by atomic mass is 35.5. The summed E-state index contributed by atoms with van der Waals surface area (Å²) < 4.78 is 5.29. The number of methoxy groups -OCH3 is 1. The molecule has 0 spiro atoms. The van der Waals surface area contributed by atoms with E-state index in [-0.39, 0.29) is 12.4 Å². The molecule has 4 heteroatoms. The Labute approximate surface area is 134 Å². The summed E-state index contributed by atoms with van der Waals surface area (Å²) in [5.74, 6) is 1.95. The van der Waals surface area contributed by atoms with Crippen molar-refractivity contribution in [2.24, 2.45) is 5.92 Å². The lowest BCUT2D eigenvalue weighted by atomic mass is 10.0. The van der Waals surface area contributed by atoms with Gasteiger partial charge in [-0.2, -0.15) is 0 Å². The Hall–Kier alpha value is -0.770. The second kappa shape index (κ2) is 8.02. The van der Waals surface area contributed by atoms with Crippen molar-refractivity contribution < 1.29 is 4.74 Å². The summed E-state index contributed by atoms with van der Waals surface area (Å²) in [5, 5.41) is 3.74. The number of likely N-dealkylation sites (tertiary alicyclic amines) is 1. The molecule has 0 unspecified atom stereocenters. The summed E-state index contributed by atoms with van der Waals surface area (Å²) in [6.45, 7) is 4.71. The topological polar surface area (TPSA) is 24.5 Å². The molecule has 0 bridgehead atoms. The Morgan fingerprint density at radius 2 is 1.95 bits per heavy atom. The summed E-state index contributed by atoms with van der Waals surface area (Å²) in [5.41, 5.74) is 1.36. The first-order valence-electron chi connectivity index (χ1n) is 7.92. The lowest BCUT2D eigenvalue weighted by molar-refractivity contribution is 0.190. The fourth-order valence-corrected chi connectivity index (χ4v) is 2.98. The molecule has 1 aromatic carbocycles. The van der Waals surface area contributed by atoms with Crippen LogP contribution in [0.5, 0.6) is 5.75 Å².